The molecule has 2 amide bonds. The van der Waals surface area contributed by atoms with Gasteiger partial charge in [-0.1, -0.05) is 54.7 Å². The van der Waals surface area contributed by atoms with Crippen molar-refractivity contribution in [3.63, 3.8) is 0 Å². The fourth-order valence-electron chi connectivity index (χ4n) is 4.26. The van der Waals surface area contributed by atoms with E-state index in [1.807, 2.05) is 13.8 Å². The third-order valence-electron chi connectivity index (χ3n) is 6.39. The molecule has 3 aromatic rings. The first kappa shape index (κ1) is 33.5. The first-order valence-corrected chi connectivity index (χ1v) is 16.1. The molecule has 0 aliphatic heterocycles. The van der Waals surface area contributed by atoms with Gasteiger partial charge in [0.05, 0.1) is 27.2 Å². The number of nitrogens with one attached hydrogen (secondary N) is 1. The second kappa shape index (κ2) is 15.5. The van der Waals surface area contributed by atoms with E-state index in [1.54, 1.807) is 49.4 Å². The minimum absolute atomic E-state index is 0.00584. The molecule has 0 aliphatic carbocycles. The predicted octanol–water partition coefficient (Wildman–Crippen LogP) is 6.57. The fraction of sp³-hybridized carbons (Fsp3) is 0.333. The summed E-state index contributed by atoms with van der Waals surface area (Å²) in [5, 5.41) is 3.87. The van der Waals surface area contributed by atoms with Crippen LogP contribution in [-0.4, -0.2) is 50.9 Å². The average Bonchev–Trinajstić information content (AvgIpc) is 2.97. The first-order valence-electron chi connectivity index (χ1n) is 13.5. The molecule has 0 fully saturated rings. The van der Waals surface area contributed by atoms with Crippen LogP contribution in [0.15, 0.2) is 71.6 Å². The van der Waals surface area contributed by atoms with Crippen LogP contribution < -0.4 is 14.4 Å². The van der Waals surface area contributed by atoms with Gasteiger partial charge in [0.1, 0.15) is 18.3 Å². The van der Waals surface area contributed by atoms with Crippen LogP contribution >= 0.6 is 34.8 Å². The Morgan fingerprint density at radius 3 is 2.14 bits per heavy atom. The van der Waals surface area contributed by atoms with Crippen molar-refractivity contribution in [2.45, 2.75) is 51.1 Å². The van der Waals surface area contributed by atoms with Gasteiger partial charge in [-0.15, -0.1) is 0 Å². The molecule has 3 rings (SSSR count). The zero-order chi connectivity index (χ0) is 30.9. The van der Waals surface area contributed by atoms with Crippen molar-refractivity contribution in [2.75, 3.05) is 24.0 Å². The second-order valence-electron chi connectivity index (χ2n) is 9.38. The number of ether oxygens (including phenoxy) is 1. The van der Waals surface area contributed by atoms with Crippen molar-refractivity contribution >= 4 is 62.3 Å². The molecule has 0 bridgehead atoms. The Morgan fingerprint density at radius 1 is 0.905 bits per heavy atom. The van der Waals surface area contributed by atoms with Gasteiger partial charge < -0.3 is 15.0 Å². The van der Waals surface area contributed by atoms with E-state index in [0.717, 1.165) is 4.31 Å². The lowest BCUT2D eigenvalue weighted by molar-refractivity contribution is -0.140. The lowest BCUT2D eigenvalue weighted by Crippen LogP contribution is -2.52. The highest BCUT2D eigenvalue weighted by Gasteiger charge is 2.33. The molecule has 1 atom stereocenters. The van der Waals surface area contributed by atoms with E-state index in [0.29, 0.717) is 52.4 Å². The van der Waals surface area contributed by atoms with E-state index in [4.69, 9.17) is 39.5 Å². The monoisotopic (exact) mass is 653 g/mol. The molecule has 0 aromatic heterocycles. The smallest absolute Gasteiger partial charge is 0.264 e. The normalized spacial score (nSPS) is 12.0. The summed E-state index contributed by atoms with van der Waals surface area (Å²) in [6.45, 7) is 5.87. The summed E-state index contributed by atoms with van der Waals surface area (Å²) in [7, 11) is -4.23. The zero-order valence-corrected chi connectivity index (χ0v) is 26.7. The van der Waals surface area contributed by atoms with Gasteiger partial charge in [-0.2, -0.15) is 0 Å². The summed E-state index contributed by atoms with van der Waals surface area (Å²) in [6.07, 6.45) is 1.02. The number of sulfonamides is 1. The molecule has 1 N–H and O–H groups in total. The van der Waals surface area contributed by atoms with Crippen LogP contribution in [0.2, 0.25) is 15.1 Å². The second-order valence-corrected chi connectivity index (χ2v) is 12.5. The molecule has 0 radical (unpaired) electrons. The number of benzene rings is 3. The lowest BCUT2D eigenvalue weighted by atomic mass is 10.1. The maximum atomic E-state index is 14.1. The molecule has 0 saturated carbocycles. The van der Waals surface area contributed by atoms with Crippen molar-refractivity contribution in [2.24, 2.45) is 0 Å². The van der Waals surface area contributed by atoms with Gasteiger partial charge in [0.2, 0.25) is 11.8 Å². The van der Waals surface area contributed by atoms with Gasteiger partial charge in [0.25, 0.3) is 10.0 Å². The van der Waals surface area contributed by atoms with Gasteiger partial charge >= 0.3 is 0 Å². The Morgan fingerprint density at radius 2 is 1.57 bits per heavy atom. The number of carbonyl (C=O) groups excluding carboxylic acids is 2. The third kappa shape index (κ3) is 8.53. The maximum absolute atomic E-state index is 14.1. The summed E-state index contributed by atoms with van der Waals surface area (Å²) < 4.78 is 34.4. The van der Waals surface area contributed by atoms with Crippen LogP contribution in [0.3, 0.4) is 0 Å². The van der Waals surface area contributed by atoms with E-state index < -0.39 is 28.5 Å². The zero-order valence-electron chi connectivity index (χ0n) is 23.6. The number of hydrogen-bond acceptors (Lipinski definition) is 5. The van der Waals surface area contributed by atoms with Crippen LogP contribution in [-0.2, 0) is 26.2 Å². The van der Waals surface area contributed by atoms with E-state index in [2.05, 4.69) is 5.32 Å². The number of nitrogens with zero attached hydrogens (tertiary/aromatic N) is 2. The Hall–Kier alpha value is -2.98. The van der Waals surface area contributed by atoms with Gasteiger partial charge in [-0.3, -0.25) is 13.9 Å². The number of anilines is 1. The largest absolute Gasteiger partial charge is 0.494 e. The van der Waals surface area contributed by atoms with E-state index in [9.17, 15) is 18.0 Å². The molecular weight excluding hydrogens is 621 g/mol. The average molecular weight is 655 g/mol. The van der Waals surface area contributed by atoms with Crippen LogP contribution in [0.5, 0.6) is 5.75 Å². The van der Waals surface area contributed by atoms with Crippen LogP contribution in [0.25, 0.3) is 0 Å². The predicted molar refractivity (Wildman–Crippen MR) is 168 cm³/mol. The van der Waals surface area contributed by atoms with Gasteiger partial charge in [0, 0.05) is 18.1 Å². The van der Waals surface area contributed by atoms with E-state index in [1.165, 1.54) is 29.2 Å². The minimum Gasteiger partial charge on any atom is -0.494 e. The van der Waals surface area contributed by atoms with Crippen LogP contribution in [0, 0.1) is 0 Å². The van der Waals surface area contributed by atoms with Crippen molar-refractivity contribution in [3.8, 4) is 5.75 Å². The molecule has 0 spiro atoms. The number of amides is 2. The molecular formula is C30H34Cl3N3O5S. The highest BCUT2D eigenvalue weighted by molar-refractivity contribution is 7.92. The topological polar surface area (TPSA) is 96.0 Å². The fourth-order valence-corrected chi connectivity index (χ4v) is 6.12. The molecule has 0 saturated heterocycles. The molecule has 0 heterocycles. The van der Waals surface area contributed by atoms with Crippen molar-refractivity contribution in [1.82, 2.24) is 10.2 Å². The van der Waals surface area contributed by atoms with Crippen LogP contribution in [0.4, 0.5) is 5.69 Å². The summed E-state index contributed by atoms with van der Waals surface area (Å²) in [4.78, 5) is 28.6. The van der Waals surface area contributed by atoms with Crippen molar-refractivity contribution < 1.29 is 22.7 Å². The van der Waals surface area contributed by atoms with E-state index >= 15 is 0 Å². The quantitative estimate of drug-likeness (QED) is 0.212. The Bertz CT molecular complexity index is 1470. The molecule has 12 heteroatoms. The minimum atomic E-state index is -4.23. The molecule has 1 unspecified atom stereocenters. The van der Waals surface area contributed by atoms with Crippen molar-refractivity contribution in [1.29, 1.82) is 0 Å². The summed E-state index contributed by atoms with van der Waals surface area (Å²) in [5.74, 6) is -0.358. The Balaban J connectivity index is 2.06. The SMILES string of the molecule is CCCNC(=O)C(CC)N(Cc1ccc(Cl)c(Cl)c1)C(=O)CN(c1ccc(OCC)cc1)S(=O)(=O)c1ccc(Cl)cc1. The van der Waals surface area contributed by atoms with Gasteiger partial charge in [0.15, 0.2) is 0 Å². The molecule has 8 nitrogen and oxygen atoms in total. The van der Waals surface area contributed by atoms with Crippen molar-refractivity contribution in [3.05, 3.63) is 87.4 Å². The summed E-state index contributed by atoms with van der Waals surface area (Å²) in [5.41, 5.74) is 0.882. The lowest BCUT2D eigenvalue weighted by Gasteiger charge is -2.33. The summed E-state index contributed by atoms with van der Waals surface area (Å²) in [6, 6.07) is 16.2. The van der Waals surface area contributed by atoms with E-state index in [-0.39, 0.29) is 23.0 Å². The van der Waals surface area contributed by atoms with Crippen LogP contribution in [0.1, 0.15) is 39.2 Å². The molecule has 3 aromatic carbocycles. The maximum Gasteiger partial charge on any atom is 0.264 e. The molecule has 42 heavy (non-hydrogen) atoms. The molecule has 0 aliphatic rings. The number of halogens is 3. The highest BCUT2D eigenvalue weighted by atomic mass is 35.5. The number of carbonyl (C=O) groups is 2. The Labute approximate surface area is 262 Å². The molecule has 226 valence electrons. The number of hydrogen-bond donors (Lipinski definition) is 1. The van der Waals surface area contributed by atoms with Gasteiger partial charge in [-0.05, 0) is 86.0 Å². The highest BCUT2D eigenvalue weighted by Crippen LogP contribution is 2.28. The number of rotatable bonds is 14. The summed E-state index contributed by atoms with van der Waals surface area (Å²) >= 11 is 18.3. The standard InChI is InChI=1S/C30H34Cl3N3O5S/c1-4-17-34-30(38)28(5-2)35(19-21-7-16-26(32)27(33)18-21)29(37)20-36(23-10-12-24(13-11-23)41-6-3)42(39,40)25-14-8-22(31)9-15-25/h7-16,18,28H,4-6,17,19-20H2,1-3H3,(H,34,38). The van der Waals surface area contributed by atoms with Gasteiger partial charge in [-0.25, -0.2) is 8.42 Å². The third-order valence-corrected chi connectivity index (χ3v) is 9.17. The Kier molecular flexibility index (Phi) is 12.4. The first-order chi connectivity index (χ1) is 20.0.